The molecule has 3 aromatic heterocycles. The molecular weight excluding hydrogens is 1760 g/mol. The molecule has 6 aliphatic heterocycles. The van der Waals surface area contributed by atoms with E-state index in [2.05, 4.69) is 123 Å². The van der Waals surface area contributed by atoms with Crippen LogP contribution in [0.2, 0.25) is 0 Å². The van der Waals surface area contributed by atoms with E-state index in [1.165, 1.54) is 51.0 Å². The number of aryl methyl sites for hydroxylation is 2. The Kier molecular flexibility index (Phi) is 31.4. The predicted molar refractivity (Wildman–Crippen MR) is 545 cm³/mol. The Bertz CT molecular complexity index is 6010. The number of hydrogen-bond donors (Lipinski definition) is 5. The standard InChI is InChI=1S/C27H26N2O2S3.C21H18N2S4.C19H18N2OS.C19H21NOS.C16H16N2OS.CH4/c30-26(22-10-3-1-4-11-22)15-14-24(32)28(26)17-20-8-7-9-21(16-20)18-29-25(33)34-19-27(29,31)23-12-5-2-6-13-23;1-15-13-26-20(24)22(15)11-16-6-5-7-17(10-16)12-23-19(14-27-21(23)25)18-8-3-2-4-9-18;22-19(15-7-2-1-3-8-15)11-10-18(23)21(19)13-16-12-14-6-4-5-9-17(14)20-16;21-19(17-11-5-2-6-12-17)14-13-18(22)20(19)15-7-10-16-8-3-1-4-9-16;19-16(14-6-2-1-3-7-14)9-8-15(20)18(16)12-13-5-4-10-17-11-13;/h1-13,16,30-31H,14-15,17-19H2;2-10,13-14H,11-12H2,1H3;1-9,22H,10-13H2;1-6,8-9,11-12,21H,7,10,13-15H2;1-7,10-11,19H,8-9,12H2;1H4. The van der Waals surface area contributed by atoms with E-state index in [1.807, 2.05) is 237 Å². The van der Waals surface area contributed by atoms with Gasteiger partial charge in [0.25, 0.3) is 0 Å². The number of nitrogens with zero attached hydrogens (tertiary/aromatic N) is 9. The van der Waals surface area contributed by atoms with Crippen LogP contribution >= 0.6 is 120 Å². The summed E-state index contributed by atoms with van der Waals surface area (Å²) in [6.07, 6.45) is 11.9. The zero-order valence-corrected chi connectivity index (χ0v) is 78.0. The van der Waals surface area contributed by atoms with Crippen LogP contribution in [0.3, 0.4) is 0 Å². The third-order valence-corrected chi connectivity index (χ3v) is 29.9. The Hall–Kier alpha value is -9.68. The van der Waals surface area contributed by atoms with Gasteiger partial charge in [-0.15, -0.1) is 22.7 Å². The molecule has 0 aliphatic carbocycles. The molecule has 24 heteroatoms. The van der Waals surface area contributed by atoms with E-state index in [4.69, 9.17) is 90.5 Å². The fourth-order valence-electron chi connectivity index (χ4n) is 17.2. The molecule has 10 aromatic carbocycles. The van der Waals surface area contributed by atoms with E-state index in [9.17, 15) is 25.5 Å². The first-order chi connectivity index (χ1) is 61.1. The van der Waals surface area contributed by atoms with Crippen molar-refractivity contribution < 1.29 is 25.5 Å². The van der Waals surface area contributed by atoms with Gasteiger partial charge < -0.3 is 59.2 Å². The summed E-state index contributed by atoms with van der Waals surface area (Å²) in [6.45, 7) is 6.65. The van der Waals surface area contributed by atoms with E-state index in [1.54, 1.807) is 28.9 Å². The molecule has 6 aliphatic rings. The number of likely N-dealkylation sites (tertiary alicyclic amines) is 4. The number of benzene rings is 10. The highest BCUT2D eigenvalue weighted by atomic mass is 32.2. The monoisotopic (exact) mass is 1870 g/mol. The van der Waals surface area contributed by atoms with E-state index in [0.717, 1.165) is 142 Å². The van der Waals surface area contributed by atoms with E-state index in [0.29, 0.717) is 68.4 Å². The minimum atomic E-state index is -1.14. The van der Waals surface area contributed by atoms with Gasteiger partial charge in [0.15, 0.2) is 36.5 Å². The van der Waals surface area contributed by atoms with Crippen LogP contribution in [-0.4, -0.2) is 113 Å². The molecule has 5 unspecified atom stereocenters. The van der Waals surface area contributed by atoms with Gasteiger partial charge in [0.05, 0.1) is 43.6 Å². The summed E-state index contributed by atoms with van der Waals surface area (Å²) >= 11 is 43.5. The van der Waals surface area contributed by atoms with Crippen molar-refractivity contribution in [3.63, 3.8) is 0 Å². The van der Waals surface area contributed by atoms with Crippen molar-refractivity contribution in [2.24, 2.45) is 4.99 Å². The topological polar surface area (TPSA) is 152 Å². The number of aromatic nitrogens is 3. The number of fused-ring (bicyclic) bond motifs is 1. The normalized spacial score (nSPS) is 20.3. The Morgan fingerprint density at radius 3 is 1.21 bits per heavy atom. The van der Waals surface area contributed by atoms with Gasteiger partial charge >= 0.3 is 0 Å². The number of thiocarbonyl (C=S) groups is 5. The first-order valence-corrected chi connectivity index (χ1v) is 47.9. The second-order valence-electron chi connectivity index (χ2n) is 32.2. The summed E-state index contributed by atoms with van der Waals surface area (Å²) in [5, 5.41) is 60.8. The Morgan fingerprint density at radius 1 is 0.370 bits per heavy atom. The molecule has 13 aromatic rings. The highest BCUT2D eigenvalue weighted by Crippen LogP contribution is 2.45. The summed E-state index contributed by atoms with van der Waals surface area (Å²) in [7, 11) is 0. The Morgan fingerprint density at radius 2 is 0.748 bits per heavy atom. The molecule has 0 radical (unpaired) electrons. The minimum absolute atomic E-state index is 0. The summed E-state index contributed by atoms with van der Waals surface area (Å²) in [6, 6.07) is 98.7. The molecule has 5 atom stereocenters. The SMILES string of the molecule is C.Cc1csc(=S)n1Cc1cccc(Cn2c(-c3ccccc3)csc2=S)c1.OC1(c2ccccc2)CCC(=S)N1CC1=Nc2ccccc2C1.OC1(c2ccccc2)CCC(=S)N1CCCc1ccccc1.OC1(c2ccccc2)CCC(=S)N1Cc1cccc(CN2C(=S)SCC2(O)c2ccccc2)c1.OC1(c2ccccc2)CCC(=S)N1Cc1cccnc1. The van der Waals surface area contributed by atoms with Gasteiger partial charge in [-0.25, -0.2) is 0 Å². The molecule has 9 heterocycles. The van der Waals surface area contributed by atoms with Crippen molar-refractivity contribution in [3.05, 3.63) is 401 Å². The first kappa shape index (κ1) is 93.5. The number of para-hydroxylation sites is 1. The summed E-state index contributed by atoms with van der Waals surface area (Å²) in [4.78, 5) is 21.8. The van der Waals surface area contributed by atoms with E-state index in [-0.39, 0.29) is 7.43 Å². The second kappa shape index (κ2) is 42.7. The first-order valence-electron chi connectivity index (χ1n) is 42.3. The van der Waals surface area contributed by atoms with Crippen LogP contribution in [-0.2, 0) is 74.2 Å². The molecule has 5 N–H and O–H groups in total. The van der Waals surface area contributed by atoms with Gasteiger partial charge in [-0.2, -0.15) is 0 Å². The van der Waals surface area contributed by atoms with Crippen molar-refractivity contribution in [2.75, 3.05) is 18.8 Å². The molecule has 14 nitrogen and oxygen atoms in total. The maximum Gasteiger partial charge on any atom is 0.175 e. The number of pyridine rings is 1. The van der Waals surface area contributed by atoms with Crippen molar-refractivity contribution in [3.8, 4) is 11.3 Å². The van der Waals surface area contributed by atoms with Crippen LogP contribution in [0.25, 0.3) is 11.3 Å². The fourth-order valence-corrected chi connectivity index (χ4v) is 22.0. The highest BCUT2D eigenvalue weighted by molar-refractivity contribution is 8.23. The lowest BCUT2D eigenvalue weighted by Gasteiger charge is -2.36. The van der Waals surface area contributed by atoms with E-state index >= 15 is 0 Å². The number of aliphatic hydroxyl groups is 5. The smallest absolute Gasteiger partial charge is 0.175 e. The fraction of sp³-hybridized carbons (Fsp3) is 0.252. The third kappa shape index (κ3) is 21.9. The summed E-state index contributed by atoms with van der Waals surface area (Å²) < 4.78 is 6.91. The molecule has 650 valence electrons. The summed E-state index contributed by atoms with van der Waals surface area (Å²) in [5.74, 6) is 0.502. The van der Waals surface area contributed by atoms with Gasteiger partial charge in [0.2, 0.25) is 0 Å². The molecule has 5 saturated heterocycles. The molecule has 0 spiro atoms. The molecule has 127 heavy (non-hydrogen) atoms. The predicted octanol–water partition coefficient (Wildman–Crippen LogP) is 23.0. The quantitative estimate of drug-likeness (QED) is 0.0409. The molecular formula is C103H103N9O5S10. The van der Waals surface area contributed by atoms with Crippen LogP contribution in [0.4, 0.5) is 5.69 Å². The van der Waals surface area contributed by atoms with Crippen molar-refractivity contribution in [1.82, 2.24) is 38.6 Å². The van der Waals surface area contributed by atoms with Gasteiger partial charge in [0, 0.05) is 159 Å². The average Bonchev–Trinajstić information content (AvgIpc) is 1.64. The lowest BCUT2D eigenvalue weighted by Crippen LogP contribution is -2.45. The molecule has 0 bridgehead atoms. The maximum absolute atomic E-state index is 11.6. The molecule has 19 rings (SSSR count). The maximum atomic E-state index is 11.6. The second-order valence-corrected chi connectivity index (χ2v) is 38.7. The number of aliphatic imine (C=N–C) groups is 1. The van der Waals surface area contributed by atoms with Crippen LogP contribution < -0.4 is 0 Å². The van der Waals surface area contributed by atoms with Gasteiger partial charge in [-0.05, 0) is 101 Å². The zero-order chi connectivity index (χ0) is 87.8. The lowest BCUT2D eigenvalue weighted by atomic mass is 9.99. The van der Waals surface area contributed by atoms with Crippen LogP contribution in [0, 0.1) is 14.8 Å². The number of rotatable bonds is 22. The highest BCUT2D eigenvalue weighted by Gasteiger charge is 2.48. The van der Waals surface area contributed by atoms with Crippen LogP contribution in [0.15, 0.2) is 325 Å². The number of hydrogen-bond acceptors (Lipinski definition) is 17. The lowest BCUT2D eigenvalue weighted by molar-refractivity contribution is -0.0681. The van der Waals surface area contributed by atoms with Crippen molar-refractivity contribution in [2.45, 2.75) is 146 Å². The van der Waals surface area contributed by atoms with Crippen LogP contribution in [0.5, 0.6) is 0 Å². The zero-order valence-electron chi connectivity index (χ0n) is 69.9. The number of thiazole rings is 2. The molecule has 0 saturated carbocycles. The summed E-state index contributed by atoms with van der Waals surface area (Å²) in [5.41, 5.74) is 13.1. The Labute approximate surface area is 794 Å². The third-order valence-electron chi connectivity index (χ3n) is 23.9. The van der Waals surface area contributed by atoms with Crippen molar-refractivity contribution >= 4 is 156 Å². The van der Waals surface area contributed by atoms with Gasteiger partial charge in [0.1, 0.15) is 4.32 Å². The minimum Gasteiger partial charge on any atom is -0.367 e. The molecule has 0 amide bonds. The molecule has 5 fully saturated rings. The number of thioether (sulfide) groups is 1. The van der Waals surface area contributed by atoms with Gasteiger partial charge in [-0.1, -0.05) is 365 Å². The average molecular weight is 1870 g/mol. The van der Waals surface area contributed by atoms with Crippen LogP contribution in [0.1, 0.15) is 138 Å². The van der Waals surface area contributed by atoms with E-state index < -0.39 is 28.6 Å². The van der Waals surface area contributed by atoms with Crippen molar-refractivity contribution in [1.29, 1.82) is 0 Å². The Balaban J connectivity index is 0.000000130. The van der Waals surface area contributed by atoms with Gasteiger partial charge in [-0.3, -0.25) is 9.98 Å². The largest absolute Gasteiger partial charge is 0.367 e.